The number of carbonyl (C=O) groups excluding carboxylic acids is 1. The lowest BCUT2D eigenvalue weighted by Crippen LogP contribution is -2.33. The zero-order valence-electron chi connectivity index (χ0n) is 12.2. The third-order valence-electron chi connectivity index (χ3n) is 2.87. The van der Waals surface area contributed by atoms with E-state index in [0.717, 1.165) is 17.7 Å². The summed E-state index contributed by atoms with van der Waals surface area (Å²) in [6, 6.07) is 7.48. The van der Waals surface area contributed by atoms with Crippen molar-refractivity contribution in [1.82, 2.24) is 4.31 Å². The second kappa shape index (κ2) is 7.40. The van der Waals surface area contributed by atoms with Gasteiger partial charge in [-0.25, -0.2) is 12.7 Å². The SMILES string of the molecule is CCCN(CCC(=O)Nc1ccc(C)cc1)S(C)(=O)=O. The summed E-state index contributed by atoms with van der Waals surface area (Å²) < 4.78 is 24.4. The molecule has 5 nitrogen and oxygen atoms in total. The third kappa shape index (κ3) is 5.71. The minimum atomic E-state index is -3.25. The molecule has 1 N–H and O–H groups in total. The number of anilines is 1. The molecular formula is C14H22N2O3S. The van der Waals surface area contributed by atoms with E-state index in [0.29, 0.717) is 6.54 Å². The Hall–Kier alpha value is -1.40. The van der Waals surface area contributed by atoms with Crippen LogP contribution in [0.1, 0.15) is 25.3 Å². The zero-order valence-corrected chi connectivity index (χ0v) is 13.0. The molecule has 0 aromatic heterocycles. The van der Waals surface area contributed by atoms with Crippen molar-refractivity contribution in [2.24, 2.45) is 0 Å². The average molecular weight is 298 g/mol. The normalized spacial score (nSPS) is 11.6. The quantitative estimate of drug-likeness (QED) is 0.837. The highest BCUT2D eigenvalue weighted by Crippen LogP contribution is 2.09. The lowest BCUT2D eigenvalue weighted by Gasteiger charge is -2.18. The molecule has 112 valence electrons. The van der Waals surface area contributed by atoms with Crippen LogP contribution < -0.4 is 5.32 Å². The van der Waals surface area contributed by atoms with Crippen molar-refractivity contribution < 1.29 is 13.2 Å². The summed E-state index contributed by atoms with van der Waals surface area (Å²) in [6.07, 6.45) is 2.05. The Morgan fingerprint density at radius 1 is 1.20 bits per heavy atom. The average Bonchev–Trinajstić information content (AvgIpc) is 2.36. The summed E-state index contributed by atoms with van der Waals surface area (Å²) in [5.41, 5.74) is 1.84. The maximum absolute atomic E-state index is 11.8. The number of nitrogens with zero attached hydrogens (tertiary/aromatic N) is 1. The monoisotopic (exact) mass is 298 g/mol. The highest BCUT2D eigenvalue weighted by Gasteiger charge is 2.16. The van der Waals surface area contributed by atoms with E-state index in [9.17, 15) is 13.2 Å². The van der Waals surface area contributed by atoms with Gasteiger partial charge >= 0.3 is 0 Å². The van der Waals surface area contributed by atoms with Crippen molar-refractivity contribution in [2.75, 3.05) is 24.7 Å². The smallest absolute Gasteiger partial charge is 0.225 e. The lowest BCUT2D eigenvalue weighted by molar-refractivity contribution is -0.116. The molecule has 0 aliphatic carbocycles. The first-order valence-electron chi connectivity index (χ1n) is 6.64. The highest BCUT2D eigenvalue weighted by atomic mass is 32.2. The van der Waals surface area contributed by atoms with Crippen molar-refractivity contribution in [3.63, 3.8) is 0 Å². The van der Waals surface area contributed by atoms with Crippen LogP contribution in [0.5, 0.6) is 0 Å². The van der Waals surface area contributed by atoms with Crippen molar-refractivity contribution in [3.8, 4) is 0 Å². The molecule has 1 aromatic carbocycles. The largest absolute Gasteiger partial charge is 0.326 e. The molecule has 6 heteroatoms. The first-order chi connectivity index (χ1) is 9.32. The van der Waals surface area contributed by atoms with Gasteiger partial charge in [-0.3, -0.25) is 4.79 Å². The fourth-order valence-electron chi connectivity index (χ4n) is 1.78. The summed E-state index contributed by atoms with van der Waals surface area (Å²) in [5.74, 6) is -0.182. The van der Waals surface area contributed by atoms with E-state index >= 15 is 0 Å². The zero-order chi connectivity index (χ0) is 15.2. The molecule has 0 unspecified atom stereocenters. The highest BCUT2D eigenvalue weighted by molar-refractivity contribution is 7.88. The third-order valence-corrected chi connectivity index (χ3v) is 4.17. The van der Waals surface area contributed by atoms with E-state index in [1.807, 2.05) is 38.1 Å². The van der Waals surface area contributed by atoms with Gasteiger partial charge < -0.3 is 5.32 Å². The van der Waals surface area contributed by atoms with Gasteiger partial charge in [-0.1, -0.05) is 24.6 Å². The van der Waals surface area contributed by atoms with Crippen LogP contribution in [0.25, 0.3) is 0 Å². The molecule has 0 spiro atoms. The summed E-state index contributed by atoms with van der Waals surface area (Å²) in [7, 11) is -3.25. The number of benzene rings is 1. The fourth-order valence-corrected chi connectivity index (χ4v) is 2.72. The van der Waals surface area contributed by atoms with Crippen LogP contribution >= 0.6 is 0 Å². The topological polar surface area (TPSA) is 66.5 Å². The molecule has 0 aliphatic rings. The minimum absolute atomic E-state index is 0.154. The molecule has 0 atom stereocenters. The molecule has 0 fully saturated rings. The maximum atomic E-state index is 11.8. The molecule has 0 aliphatic heterocycles. The summed E-state index contributed by atoms with van der Waals surface area (Å²) in [4.78, 5) is 11.8. The first kappa shape index (κ1) is 16.7. The Morgan fingerprint density at radius 3 is 2.30 bits per heavy atom. The van der Waals surface area contributed by atoms with Crippen molar-refractivity contribution in [2.45, 2.75) is 26.7 Å². The lowest BCUT2D eigenvalue weighted by atomic mass is 10.2. The van der Waals surface area contributed by atoms with Gasteiger partial charge in [0.2, 0.25) is 15.9 Å². The van der Waals surface area contributed by atoms with E-state index in [1.165, 1.54) is 10.6 Å². The molecule has 0 radical (unpaired) electrons. The Labute approximate surface area is 121 Å². The van der Waals surface area contributed by atoms with Gasteiger partial charge in [-0.05, 0) is 25.5 Å². The summed E-state index contributed by atoms with van der Waals surface area (Å²) >= 11 is 0. The number of rotatable bonds is 7. The molecule has 0 heterocycles. The van der Waals surface area contributed by atoms with E-state index < -0.39 is 10.0 Å². The van der Waals surface area contributed by atoms with Gasteiger partial charge in [0.15, 0.2) is 0 Å². The molecule has 0 bridgehead atoms. The second-order valence-electron chi connectivity index (χ2n) is 4.83. The van der Waals surface area contributed by atoms with Crippen LogP contribution in [-0.4, -0.2) is 38.0 Å². The summed E-state index contributed by atoms with van der Waals surface area (Å²) in [5, 5.41) is 2.76. The molecule has 1 aromatic rings. The van der Waals surface area contributed by atoms with E-state index in [4.69, 9.17) is 0 Å². The summed E-state index contributed by atoms with van der Waals surface area (Å²) in [6.45, 7) is 4.53. The number of amides is 1. The standard InChI is InChI=1S/C14H22N2O3S/c1-4-10-16(20(3,18)19)11-9-14(17)15-13-7-5-12(2)6-8-13/h5-8H,4,9-11H2,1-3H3,(H,15,17). The Kier molecular flexibility index (Phi) is 6.16. The van der Waals surface area contributed by atoms with Gasteiger partial charge in [-0.2, -0.15) is 0 Å². The van der Waals surface area contributed by atoms with Crippen molar-refractivity contribution in [1.29, 1.82) is 0 Å². The minimum Gasteiger partial charge on any atom is -0.326 e. The van der Waals surface area contributed by atoms with Crippen LogP contribution in [0.2, 0.25) is 0 Å². The molecular weight excluding hydrogens is 276 g/mol. The van der Waals surface area contributed by atoms with E-state index in [1.54, 1.807) is 0 Å². The van der Waals surface area contributed by atoms with Gasteiger partial charge in [0, 0.05) is 25.2 Å². The van der Waals surface area contributed by atoms with Gasteiger partial charge in [0.25, 0.3) is 0 Å². The number of nitrogens with one attached hydrogen (secondary N) is 1. The van der Waals surface area contributed by atoms with Crippen LogP contribution in [0.4, 0.5) is 5.69 Å². The molecule has 1 rings (SSSR count). The number of hydrogen-bond donors (Lipinski definition) is 1. The molecule has 0 saturated heterocycles. The number of hydrogen-bond acceptors (Lipinski definition) is 3. The van der Waals surface area contributed by atoms with E-state index in [2.05, 4.69) is 5.32 Å². The van der Waals surface area contributed by atoms with Crippen LogP contribution in [-0.2, 0) is 14.8 Å². The fraction of sp³-hybridized carbons (Fsp3) is 0.500. The van der Waals surface area contributed by atoms with E-state index in [-0.39, 0.29) is 18.9 Å². The van der Waals surface area contributed by atoms with Crippen LogP contribution in [0, 0.1) is 6.92 Å². The number of sulfonamides is 1. The van der Waals surface area contributed by atoms with Crippen LogP contribution in [0.3, 0.4) is 0 Å². The number of aryl methyl sites for hydroxylation is 1. The van der Waals surface area contributed by atoms with Gasteiger partial charge in [-0.15, -0.1) is 0 Å². The predicted octanol–water partition coefficient (Wildman–Crippen LogP) is 2.00. The van der Waals surface area contributed by atoms with Gasteiger partial charge in [0.1, 0.15) is 0 Å². The maximum Gasteiger partial charge on any atom is 0.225 e. The van der Waals surface area contributed by atoms with Crippen molar-refractivity contribution in [3.05, 3.63) is 29.8 Å². The first-order valence-corrected chi connectivity index (χ1v) is 8.49. The Morgan fingerprint density at radius 2 is 1.80 bits per heavy atom. The molecule has 1 amide bonds. The van der Waals surface area contributed by atoms with Crippen LogP contribution in [0.15, 0.2) is 24.3 Å². The van der Waals surface area contributed by atoms with Crippen molar-refractivity contribution >= 4 is 21.6 Å². The van der Waals surface area contributed by atoms with Gasteiger partial charge in [0.05, 0.1) is 6.26 Å². The Bertz CT molecular complexity index is 538. The second-order valence-corrected chi connectivity index (χ2v) is 6.81. The number of carbonyl (C=O) groups is 1. The molecule has 20 heavy (non-hydrogen) atoms. The Balaban J connectivity index is 2.51. The predicted molar refractivity (Wildman–Crippen MR) is 81.1 cm³/mol. The molecule has 0 saturated carbocycles.